The van der Waals surface area contributed by atoms with Crippen LogP contribution in [0.1, 0.15) is 32.2 Å². The topological polar surface area (TPSA) is 60.2 Å². The largest absolute Gasteiger partial charge is 0.494 e. The third-order valence-electron chi connectivity index (χ3n) is 5.03. The molecule has 0 unspecified atom stereocenters. The van der Waals surface area contributed by atoms with E-state index in [0.29, 0.717) is 25.4 Å². The van der Waals surface area contributed by atoms with Crippen molar-refractivity contribution in [3.63, 3.8) is 0 Å². The molecule has 31 heavy (non-hydrogen) atoms. The maximum absolute atomic E-state index is 12.5. The minimum absolute atomic E-state index is 0.113. The number of hydrogen-bond acceptors (Lipinski definition) is 5. The van der Waals surface area contributed by atoms with Gasteiger partial charge in [0.2, 0.25) is 5.91 Å². The number of hydrogen-bond donors (Lipinski definition) is 0. The van der Waals surface area contributed by atoms with Gasteiger partial charge in [0.25, 0.3) is 0 Å². The molecule has 0 aliphatic heterocycles. The van der Waals surface area contributed by atoms with Gasteiger partial charge < -0.3 is 9.64 Å². The first-order valence-electron chi connectivity index (χ1n) is 10.8. The van der Waals surface area contributed by atoms with Gasteiger partial charge in [0, 0.05) is 25.2 Å². The van der Waals surface area contributed by atoms with Gasteiger partial charge in [-0.3, -0.25) is 9.36 Å². The normalized spacial score (nSPS) is 10.8. The van der Waals surface area contributed by atoms with E-state index < -0.39 is 0 Å². The molecule has 1 heterocycles. The number of amides is 1. The Hall–Kier alpha value is -2.80. The van der Waals surface area contributed by atoms with Crippen molar-refractivity contribution < 1.29 is 9.53 Å². The molecule has 0 N–H and O–H groups in total. The van der Waals surface area contributed by atoms with Gasteiger partial charge in [-0.2, -0.15) is 0 Å². The number of ether oxygens (including phenoxy) is 1. The van der Waals surface area contributed by atoms with E-state index >= 15 is 0 Å². The third kappa shape index (κ3) is 6.10. The van der Waals surface area contributed by atoms with Crippen LogP contribution in [0.4, 0.5) is 0 Å². The predicted octanol–water partition coefficient (Wildman–Crippen LogP) is 4.41. The van der Waals surface area contributed by atoms with Crippen molar-refractivity contribution in [1.29, 1.82) is 0 Å². The minimum atomic E-state index is 0.113. The van der Waals surface area contributed by atoms with E-state index in [1.54, 1.807) is 0 Å². The fourth-order valence-electron chi connectivity index (χ4n) is 3.37. The average Bonchev–Trinajstić information content (AvgIpc) is 3.21. The summed E-state index contributed by atoms with van der Waals surface area (Å²) < 4.78 is 7.63. The quantitative estimate of drug-likeness (QED) is 0.415. The molecule has 0 aliphatic carbocycles. The van der Waals surface area contributed by atoms with Gasteiger partial charge >= 0.3 is 0 Å². The lowest BCUT2D eigenvalue weighted by atomic mass is 10.1. The highest BCUT2D eigenvalue weighted by Crippen LogP contribution is 2.25. The molecule has 1 amide bonds. The molecule has 0 spiro atoms. The monoisotopic (exact) mass is 438 g/mol. The summed E-state index contributed by atoms with van der Waals surface area (Å²) in [5.41, 5.74) is 2.23. The SMILES string of the molecule is CCOc1ccc(-n2c(CCc3ccccc3)nnc2SCC(=O)N(CC)CC)cc1. The zero-order valence-electron chi connectivity index (χ0n) is 18.5. The van der Waals surface area contributed by atoms with Crippen LogP contribution in [0.15, 0.2) is 59.8 Å². The molecule has 0 saturated carbocycles. The van der Waals surface area contributed by atoms with Crippen LogP contribution < -0.4 is 4.74 Å². The van der Waals surface area contributed by atoms with Crippen LogP contribution in [-0.2, 0) is 17.6 Å². The van der Waals surface area contributed by atoms with Gasteiger partial charge in [0.15, 0.2) is 5.16 Å². The van der Waals surface area contributed by atoms with E-state index in [1.165, 1.54) is 17.3 Å². The van der Waals surface area contributed by atoms with Gasteiger partial charge in [-0.05, 0) is 57.0 Å². The summed E-state index contributed by atoms with van der Waals surface area (Å²) in [6.07, 6.45) is 1.63. The molecule has 0 atom stereocenters. The number of rotatable bonds is 11. The van der Waals surface area contributed by atoms with Crippen molar-refractivity contribution in [2.24, 2.45) is 0 Å². The molecule has 6 nitrogen and oxygen atoms in total. The summed E-state index contributed by atoms with van der Waals surface area (Å²) in [5, 5.41) is 9.62. The predicted molar refractivity (Wildman–Crippen MR) is 125 cm³/mol. The Balaban J connectivity index is 1.83. The Morgan fingerprint density at radius 2 is 1.68 bits per heavy atom. The Kier molecular flexibility index (Phi) is 8.53. The Bertz CT molecular complexity index is 953. The third-order valence-corrected chi connectivity index (χ3v) is 5.94. The second-order valence-electron chi connectivity index (χ2n) is 7.00. The standard InChI is InChI=1S/C24H30N4O2S/c1-4-27(5-2)23(29)18-31-24-26-25-22(17-12-19-10-8-7-9-11-19)28(24)20-13-15-21(16-14-20)30-6-3/h7-11,13-16H,4-6,12,17-18H2,1-3H3. The van der Waals surface area contributed by atoms with Gasteiger partial charge in [-0.1, -0.05) is 42.1 Å². The first kappa shape index (κ1) is 22.9. The zero-order chi connectivity index (χ0) is 22.1. The van der Waals surface area contributed by atoms with Crippen molar-refractivity contribution in [3.05, 3.63) is 66.0 Å². The highest BCUT2D eigenvalue weighted by atomic mass is 32.2. The molecule has 3 aromatic rings. The molecule has 2 aromatic carbocycles. The van der Waals surface area contributed by atoms with E-state index in [-0.39, 0.29) is 5.91 Å². The van der Waals surface area contributed by atoms with E-state index in [2.05, 4.69) is 26.9 Å². The summed E-state index contributed by atoms with van der Waals surface area (Å²) in [6, 6.07) is 18.3. The molecule has 1 aromatic heterocycles. The number of thioether (sulfide) groups is 1. The molecule has 3 rings (SSSR count). The first-order valence-corrected chi connectivity index (χ1v) is 11.8. The first-order chi connectivity index (χ1) is 15.2. The second-order valence-corrected chi connectivity index (χ2v) is 7.94. The number of aromatic nitrogens is 3. The number of aryl methyl sites for hydroxylation is 2. The maximum atomic E-state index is 12.5. The van der Waals surface area contributed by atoms with E-state index in [0.717, 1.165) is 35.3 Å². The van der Waals surface area contributed by atoms with Crippen molar-refractivity contribution in [2.45, 2.75) is 38.8 Å². The second kappa shape index (κ2) is 11.6. The van der Waals surface area contributed by atoms with Crippen LogP contribution in [0.3, 0.4) is 0 Å². The molecular formula is C24H30N4O2S. The smallest absolute Gasteiger partial charge is 0.233 e. The molecule has 0 radical (unpaired) electrons. The van der Waals surface area contributed by atoms with Crippen LogP contribution in [0, 0.1) is 0 Å². The van der Waals surface area contributed by atoms with Crippen molar-refractivity contribution >= 4 is 17.7 Å². The van der Waals surface area contributed by atoms with Crippen LogP contribution >= 0.6 is 11.8 Å². The van der Waals surface area contributed by atoms with Gasteiger partial charge in [-0.25, -0.2) is 0 Å². The Morgan fingerprint density at radius 1 is 0.968 bits per heavy atom. The lowest BCUT2D eigenvalue weighted by Crippen LogP contribution is -2.31. The van der Waals surface area contributed by atoms with Crippen LogP contribution in [0.2, 0.25) is 0 Å². The summed E-state index contributed by atoms with van der Waals surface area (Å²) >= 11 is 1.43. The summed E-state index contributed by atoms with van der Waals surface area (Å²) in [6.45, 7) is 8.01. The maximum Gasteiger partial charge on any atom is 0.233 e. The van der Waals surface area contributed by atoms with Crippen LogP contribution in [0.25, 0.3) is 5.69 Å². The van der Waals surface area contributed by atoms with Crippen LogP contribution in [0.5, 0.6) is 5.75 Å². The lowest BCUT2D eigenvalue weighted by molar-refractivity contribution is -0.127. The van der Waals surface area contributed by atoms with Crippen molar-refractivity contribution in [1.82, 2.24) is 19.7 Å². The van der Waals surface area contributed by atoms with Gasteiger partial charge in [0.05, 0.1) is 12.4 Å². The number of benzene rings is 2. The van der Waals surface area contributed by atoms with Crippen molar-refractivity contribution in [2.75, 3.05) is 25.4 Å². The van der Waals surface area contributed by atoms with Crippen LogP contribution in [-0.4, -0.2) is 51.0 Å². The lowest BCUT2D eigenvalue weighted by Gasteiger charge is -2.18. The van der Waals surface area contributed by atoms with Gasteiger partial charge in [-0.15, -0.1) is 10.2 Å². The highest BCUT2D eigenvalue weighted by Gasteiger charge is 2.17. The highest BCUT2D eigenvalue weighted by molar-refractivity contribution is 7.99. The number of nitrogens with zero attached hydrogens (tertiary/aromatic N) is 4. The van der Waals surface area contributed by atoms with E-state index in [1.807, 2.05) is 68.1 Å². The summed E-state index contributed by atoms with van der Waals surface area (Å²) in [7, 11) is 0. The Morgan fingerprint density at radius 3 is 2.32 bits per heavy atom. The van der Waals surface area contributed by atoms with Crippen molar-refractivity contribution in [3.8, 4) is 11.4 Å². The summed E-state index contributed by atoms with van der Waals surface area (Å²) in [5.74, 6) is 2.17. The zero-order valence-corrected chi connectivity index (χ0v) is 19.3. The molecule has 164 valence electrons. The van der Waals surface area contributed by atoms with E-state index in [4.69, 9.17) is 4.74 Å². The fraction of sp³-hybridized carbons (Fsp3) is 0.375. The molecule has 0 bridgehead atoms. The molecule has 7 heteroatoms. The average molecular weight is 439 g/mol. The van der Waals surface area contributed by atoms with Gasteiger partial charge in [0.1, 0.15) is 11.6 Å². The van der Waals surface area contributed by atoms with E-state index in [9.17, 15) is 4.79 Å². The molecule has 0 fully saturated rings. The fourth-order valence-corrected chi connectivity index (χ4v) is 4.24. The summed E-state index contributed by atoms with van der Waals surface area (Å²) in [4.78, 5) is 14.3. The number of carbonyl (C=O) groups is 1. The molecule has 0 saturated heterocycles. The molecular weight excluding hydrogens is 408 g/mol. The molecule has 0 aliphatic rings. The minimum Gasteiger partial charge on any atom is -0.494 e. The number of carbonyl (C=O) groups excluding carboxylic acids is 1. The Labute approximate surface area is 188 Å².